The van der Waals surface area contributed by atoms with Gasteiger partial charge in [0.25, 0.3) is 0 Å². The molecule has 0 aliphatic rings. The molecule has 0 rings (SSSR count). The van der Waals surface area contributed by atoms with Crippen LogP contribution in [0, 0.1) is 0 Å². The molecule has 5 nitrogen and oxygen atoms in total. The second-order valence-corrected chi connectivity index (χ2v) is 25.4. The Labute approximate surface area is 499 Å². The van der Waals surface area contributed by atoms with Crippen LogP contribution in [-0.4, -0.2) is 51.2 Å². The predicted octanol–water partition coefficient (Wildman–Crippen LogP) is 26.0. The van der Waals surface area contributed by atoms with Crippen molar-refractivity contribution < 1.29 is 23.7 Å². The lowest BCUT2D eigenvalue weighted by molar-refractivity contribution is -0.148. The third-order valence-corrected chi connectivity index (χ3v) is 17.3. The minimum atomic E-state index is 0.0170. The molecule has 0 bridgehead atoms. The molecule has 0 aliphatic heterocycles. The van der Waals surface area contributed by atoms with Crippen LogP contribution in [0.2, 0.25) is 0 Å². The summed E-state index contributed by atoms with van der Waals surface area (Å²) in [5.41, 5.74) is 0. The standard InChI is InChI=1S/C74H150O5/c1-7-13-19-23-41-49-57-67-75-73(76-68-58-50-42-24-20-14-8-2)65-55-47-39-35-31-27-29-33-37-45-53-63-71(61-17-11-5)79-72(62-18-12-6)64-54-46-38-34-30-28-32-36-40-48-56-66-74(77-69-59-51-43-25-21-15-9-3)78-70-60-52-44-26-22-16-10-4/h71-74H,7-70H2,1-6H3. The number of rotatable bonds is 72. The maximum Gasteiger partial charge on any atom is 0.157 e. The van der Waals surface area contributed by atoms with Crippen LogP contribution in [0.3, 0.4) is 0 Å². The third kappa shape index (κ3) is 63.7. The minimum Gasteiger partial charge on any atom is -0.375 e. The molecule has 0 aliphatic carbocycles. The Bertz CT molecular complexity index is 934. The lowest BCUT2D eigenvalue weighted by Crippen LogP contribution is -2.23. The van der Waals surface area contributed by atoms with Gasteiger partial charge in [-0.1, -0.05) is 350 Å². The summed E-state index contributed by atoms with van der Waals surface area (Å²) in [6.45, 7) is 17.4. The summed E-state index contributed by atoms with van der Waals surface area (Å²) < 4.78 is 32.3. The van der Waals surface area contributed by atoms with Gasteiger partial charge in [0.15, 0.2) is 12.6 Å². The highest BCUT2D eigenvalue weighted by molar-refractivity contribution is 4.67. The summed E-state index contributed by atoms with van der Waals surface area (Å²) in [5, 5.41) is 0. The average molecular weight is 1120 g/mol. The first-order valence-electron chi connectivity index (χ1n) is 37.3. The number of hydrogen-bond donors (Lipinski definition) is 0. The fourth-order valence-corrected chi connectivity index (χ4v) is 11.8. The molecular weight excluding hydrogens is 969 g/mol. The Morgan fingerprint density at radius 2 is 0.329 bits per heavy atom. The lowest BCUT2D eigenvalue weighted by atomic mass is 10.0. The molecule has 0 fully saturated rings. The summed E-state index contributed by atoms with van der Waals surface area (Å²) >= 11 is 0. The number of ether oxygens (including phenoxy) is 5. The largest absolute Gasteiger partial charge is 0.375 e. The van der Waals surface area contributed by atoms with E-state index in [0.717, 1.165) is 39.3 Å². The van der Waals surface area contributed by atoms with E-state index >= 15 is 0 Å². The van der Waals surface area contributed by atoms with E-state index in [0.29, 0.717) is 12.2 Å². The molecule has 79 heavy (non-hydrogen) atoms. The SMILES string of the molecule is CCCCCCCCCOC(CCCCCCCCCCCCCC(CCCC)OC(CCCC)CCCCCCCCCCCCCC(OCCCCCCCCC)OCCCCCCCCC)OCCCCCCCCC. The summed E-state index contributed by atoms with van der Waals surface area (Å²) in [4.78, 5) is 0. The van der Waals surface area contributed by atoms with Crippen molar-refractivity contribution in [2.45, 2.75) is 452 Å². The molecule has 0 aromatic heterocycles. The van der Waals surface area contributed by atoms with Crippen molar-refractivity contribution in [3.8, 4) is 0 Å². The molecular formula is C74H150O5. The zero-order valence-corrected chi connectivity index (χ0v) is 55.6. The molecule has 0 radical (unpaired) electrons. The van der Waals surface area contributed by atoms with Gasteiger partial charge in [0.05, 0.1) is 12.2 Å². The van der Waals surface area contributed by atoms with Gasteiger partial charge in [-0.2, -0.15) is 0 Å². The van der Waals surface area contributed by atoms with Crippen molar-refractivity contribution >= 4 is 0 Å². The van der Waals surface area contributed by atoms with Gasteiger partial charge in [-0.05, 0) is 77.0 Å². The molecule has 0 heterocycles. The summed E-state index contributed by atoms with van der Waals surface area (Å²) in [6.07, 6.45) is 81.1. The molecule has 0 saturated carbocycles. The topological polar surface area (TPSA) is 46.2 Å². The van der Waals surface area contributed by atoms with Gasteiger partial charge in [0, 0.05) is 26.4 Å². The molecule has 5 heteroatoms. The Morgan fingerprint density at radius 1 is 0.165 bits per heavy atom. The van der Waals surface area contributed by atoms with Gasteiger partial charge in [-0.25, -0.2) is 0 Å². The normalized spacial score (nSPS) is 12.8. The predicted molar refractivity (Wildman–Crippen MR) is 351 cm³/mol. The first-order valence-corrected chi connectivity index (χ1v) is 37.3. The van der Waals surface area contributed by atoms with E-state index in [4.69, 9.17) is 23.7 Å². The maximum absolute atomic E-state index is 7.01. The van der Waals surface area contributed by atoms with Crippen LogP contribution in [0.1, 0.15) is 427 Å². The highest BCUT2D eigenvalue weighted by atomic mass is 16.7. The van der Waals surface area contributed by atoms with E-state index in [2.05, 4.69) is 41.5 Å². The van der Waals surface area contributed by atoms with E-state index < -0.39 is 0 Å². The van der Waals surface area contributed by atoms with Crippen LogP contribution >= 0.6 is 0 Å². The Kier molecular flexibility index (Phi) is 70.1. The molecule has 0 N–H and O–H groups in total. The van der Waals surface area contributed by atoms with Crippen LogP contribution in [0.15, 0.2) is 0 Å². The van der Waals surface area contributed by atoms with E-state index in [9.17, 15) is 0 Å². The van der Waals surface area contributed by atoms with Gasteiger partial charge in [-0.3, -0.25) is 0 Å². The van der Waals surface area contributed by atoms with Crippen LogP contribution in [-0.2, 0) is 23.7 Å². The van der Waals surface area contributed by atoms with Crippen molar-refractivity contribution in [3.05, 3.63) is 0 Å². The molecule has 0 spiro atoms. The molecule has 0 saturated heterocycles. The van der Waals surface area contributed by atoms with Gasteiger partial charge in [0.1, 0.15) is 0 Å². The third-order valence-electron chi connectivity index (χ3n) is 17.3. The fourth-order valence-electron chi connectivity index (χ4n) is 11.8. The zero-order chi connectivity index (χ0) is 57.1. The zero-order valence-electron chi connectivity index (χ0n) is 55.6. The fraction of sp³-hybridized carbons (Fsp3) is 1.00. The Hall–Kier alpha value is -0.200. The van der Waals surface area contributed by atoms with E-state index in [1.54, 1.807) is 0 Å². The summed E-state index contributed by atoms with van der Waals surface area (Å²) in [7, 11) is 0. The van der Waals surface area contributed by atoms with Crippen molar-refractivity contribution in [1.82, 2.24) is 0 Å². The first-order chi connectivity index (χ1) is 39.1. The van der Waals surface area contributed by atoms with Crippen LogP contribution in [0.25, 0.3) is 0 Å². The van der Waals surface area contributed by atoms with Crippen molar-refractivity contribution in [2.24, 2.45) is 0 Å². The molecule has 2 unspecified atom stereocenters. The Morgan fingerprint density at radius 3 is 0.544 bits per heavy atom. The molecule has 476 valence electrons. The van der Waals surface area contributed by atoms with E-state index in [1.165, 1.54) is 372 Å². The lowest BCUT2D eigenvalue weighted by Gasteiger charge is -2.25. The van der Waals surface area contributed by atoms with Gasteiger partial charge in [-0.15, -0.1) is 0 Å². The monoisotopic (exact) mass is 1120 g/mol. The van der Waals surface area contributed by atoms with Crippen LogP contribution in [0.5, 0.6) is 0 Å². The second kappa shape index (κ2) is 70.3. The van der Waals surface area contributed by atoms with E-state index in [1.807, 2.05) is 0 Å². The first kappa shape index (κ1) is 78.8. The maximum atomic E-state index is 7.01. The highest BCUT2D eigenvalue weighted by Gasteiger charge is 2.17. The quantitative estimate of drug-likeness (QED) is 0.0449. The van der Waals surface area contributed by atoms with Crippen molar-refractivity contribution in [3.63, 3.8) is 0 Å². The van der Waals surface area contributed by atoms with Crippen molar-refractivity contribution in [1.29, 1.82) is 0 Å². The smallest absolute Gasteiger partial charge is 0.157 e. The molecule has 2 atom stereocenters. The second-order valence-electron chi connectivity index (χ2n) is 25.4. The minimum absolute atomic E-state index is 0.0170. The highest BCUT2D eigenvalue weighted by Crippen LogP contribution is 2.24. The average Bonchev–Trinajstić information content (AvgIpc) is 3.46. The van der Waals surface area contributed by atoms with E-state index in [-0.39, 0.29) is 12.6 Å². The van der Waals surface area contributed by atoms with Crippen LogP contribution in [0.4, 0.5) is 0 Å². The van der Waals surface area contributed by atoms with Gasteiger partial charge in [0.2, 0.25) is 0 Å². The van der Waals surface area contributed by atoms with Gasteiger partial charge < -0.3 is 23.7 Å². The molecule has 0 aromatic carbocycles. The van der Waals surface area contributed by atoms with Crippen LogP contribution < -0.4 is 0 Å². The Balaban J connectivity index is 4.25. The van der Waals surface area contributed by atoms with Gasteiger partial charge >= 0.3 is 0 Å². The summed E-state index contributed by atoms with van der Waals surface area (Å²) in [6, 6.07) is 0. The van der Waals surface area contributed by atoms with Crippen molar-refractivity contribution in [2.75, 3.05) is 26.4 Å². The molecule has 0 aromatic rings. The molecule has 0 amide bonds. The number of unbranched alkanes of at least 4 members (excludes halogenated alkanes) is 46. The number of hydrogen-bond acceptors (Lipinski definition) is 5. The summed E-state index contributed by atoms with van der Waals surface area (Å²) in [5.74, 6) is 0.